The molecule has 0 spiro atoms. The van der Waals surface area contributed by atoms with Gasteiger partial charge in [0.1, 0.15) is 11.5 Å². The molecule has 1 atom stereocenters. The monoisotopic (exact) mass is 726 g/mol. The van der Waals surface area contributed by atoms with Gasteiger partial charge in [-0.25, -0.2) is 9.59 Å². The lowest BCUT2D eigenvalue weighted by atomic mass is 10.0. The van der Waals surface area contributed by atoms with Gasteiger partial charge in [-0.3, -0.25) is 4.79 Å². The fraction of sp³-hybridized carbons (Fsp3) is 0.543. The molecule has 0 N–H and O–H groups in total. The molecule has 0 saturated heterocycles. The summed E-state index contributed by atoms with van der Waals surface area (Å²) in [7, 11) is 0. The third-order valence-corrected chi connectivity index (χ3v) is 10.1. The van der Waals surface area contributed by atoms with Crippen molar-refractivity contribution in [2.75, 3.05) is 13.2 Å². The Kier molecular flexibility index (Phi) is 19.0. The second-order valence-corrected chi connectivity index (χ2v) is 14.7. The van der Waals surface area contributed by atoms with Gasteiger partial charge in [0.2, 0.25) is 0 Å². The Morgan fingerprint density at radius 3 is 1.74 bits per heavy atom. The molecule has 1 unspecified atom stereocenters. The molecule has 288 valence electrons. The summed E-state index contributed by atoms with van der Waals surface area (Å²) in [6.45, 7) is 5.39. The molecule has 7 heteroatoms. The van der Waals surface area contributed by atoms with Crippen LogP contribution < -0.4 is 9.47 Å². The highest BCUT2D eigenvalue weighted by Gasteiger charge is 2.19. The van der Waals surface area contributed by atoms with Gasteiger partial charge in [-0.15, -0.1) is 0 Å². The average Bonchev–Trinajstić information content (AvgIpc) is 3.69. The quantitative estimate of drug-likeness (QED) is 0.0488. The SMILES string of the molecule is CCCCCCC(C)OC(=O)c1ccc(OC(=O)c2ccc(-c3ccc(OCCCCCCCCCCCOC(=O)CC4CCCC4)cc3)cc2)cc1. The first kappa shape index (κ1) is 41.6. The Balaban J connectivity index is 1.04. The number of ether oxygens (including phenoxy) is 4. The molecule has 0 heterocycles. The molecule has 1 aliphatic carbocycles. The second-order valence-electron chi connectivity index (χ2n) is 14.7. The minimum Gasteiger partial charge on any atom is -0.494 e. The van der Waals surface area contributed by atoms with Crippen LogP contribution in [0.15, 0.2) is 72.8 Å². The van der Waals surface area contributed by atoms with Gasteiger partial charge >= 0.3 is 17.9 Å². The van der Waals surface area contributed by atoms with Crippen LogP contribution in [0.4, 0.5) is 0 Å². The minimum absolute atomic E-state index is 0.00211. The highest BCUT2D eigenvalue weighted by molar-refractivity contribution is 5.92. The lowest BCUT2D eigenvalue weighted by Crippen LogP contribution is -2.15. The maximum Gasteiger partial charge on any atom is 0.343 e. The number of hydrogen-bond donors (Lipinski definition) is 0. The molecule has 0 aliphatic heterocycles. The highest BCUT2D eigenvalue weighted by atomic mass is 16.5. The van der Waals surface area contributed by atoms with E-state index < -0.39 is 5.97 Å². The van der Waals surface area contributed by atoms with Crippen molar-refractivity contribution in [3.63, 3.8) is 0 Å². The van der Waals surface area contributed by atoms with Crippen LogP contribution >= 0.6 is 0 Å². The number of carbonyl (C=O) groups excluding carboxylic acids is 3. The number of carbonyl (C=O) groups is 3. The van der Waals surface area contributed by atoms with Crippen LogP contribution in [0, 0.1) is 5.92 Å². The van der Waals surface area contributed by atoms with Gasteiger partial charge in [0.05, 0.1) is 30.4 Å². The van der Waals surface area contributed by atoms with Gasteiger partial charge in [-0.1, -0.05) is 108 Å². The molecule has 1 aliphatic rings. The van der Waals surface area contributed by atoms with Crippen molar-refractivity contribution in [3.05, 3.63) is 83.9 Å². The first-order valence-corrected chi connectivity index (χ1v) is 20.4. The van der Waals surface area contributed by atoms with Gasteiger partial charge in [0.25, 0.3) is 0 Å². The largest absolute Gasteiger partial charge is 0.494 e. The fourth-order valence-electron chi connectivity index (χ4n) is 6.86. The Hall–Kier alpha value is -4.13. The highest BCUT2D eigenvalue weighted by Crippen LogP contribution is 2.28. The Labute approximate surface area is 318 Å². The standard InChI is InChI=1S/C46H62O7/c1-3-4-5-13-18-36(2)52-45(48)41-27-31-43(32-28-41)53-46(49)40-23-21-38(22-24-40)39-25-29-42(30-26-39)50-33-16-11-9-7-6-8-10-12-17-34-51-44(47)35-37-19-14-15-20-37/h21-32,36-37H,3-20,33-35H2,1-2H3. The summed E-state index contributed by atoms with van der Waals surface area (Å²) >= 11 is 0. The minimum atomic E-state index is -0.461. The Morgan fingerprint density at radius 1 is 0.604 bits per heavy atom. The van der Waals surface area contributed by atoms with E-state index in [0.717, 1.165) is 55.4 Å². The summed E-state index contributed by atoms with van der Waals surface area (Å²) < 4.78 is 22.5. The maximum atomic E-state index is 12.8. The first-order valence-electron chi connectivity index (χ1n) is 20.4. The van der Waals surface area contributed by atoms with Crippen molar-refractivity contribution in [2.45, 2.75) is 142 Å². The summed E-state index contributed by atoms with van der Waals surface area (Å²) in [4.78, 5) is 37.2. The molecule has 0 radical (unpaired) electrons. The topological polar surface area (TPSA) is 88.1 Å². The van der Waals surface area contributed by atoms with E-state index in [1.165, 1.54) is 77.0 Å². The van der Waals surface area contributed by atoms with Gasteiger partial charge in [-0.05, 0) is 111 Å². The molecule has 0 bridgehead atoms. The van der Waals surface area contributed by atoms with E-state index in [1.807, 2.05) is 43.3 Å². The zero-order valence-corrected chi connectivity index (χ0v) is 32.3. The van der Waals surface area contributed by atoms with Gasteiger partial charge < -0.3 is 18.9 Å². The van der Waals surface area contributed by atoms with Gasteiger partial charge in [-0.2, -0.15) is 0 Å². The third kappa shape index (κ3) is 16.2. The van der Waals surface area contributed by atoms with E-state index in [2.05, 4.69) is 6.92 Å². The maximum absolute atomic E-state index is 12.8. The van der Waals surface area contributed by atoms with Crippen molar-refractivity contribution in [1.82, 2.24) is 0 Å². The fourth-order valence-corrected chi connectivity index (χ4v) is 6.86. The van der Waals surface area contributed by atoms with Crippen molar-refractivity contribution >= 4 is 17.9 Å². The number of unbranched alkanes of at least 4 members (excludes halogenated alkanes) is 11. The molecule has 7 nitrogen and oxygen atoms in total. The van der Waals surface area contributed by atoms with E-state index in [1.54, 1.807) is 36.4 Å². The van der Waals surface area contributed by atoms with Crippen molar-refractivity contribution in [1.29, 1.82) is 0 Å². The number of rotatable bonds is 25. The van der Waals surface area contributed by atoms with Crippen LogP contribution in [0.5, 0.6) is 11.5 Å². The van der Waals surface area contributed by atoms with Gasteiger partial charge in [0.15, 0.2) is 0 Å². The number of benzene rings is 3. The van der Waals surface area contributed by atoms with Crippen LogP contribution in [0.3, 0.4) is 0 Å². The summed E-state index contributed by atoms with van der Waals surface area (Å²) in [6, 6.07) is 21.8. The Morgan fingerprint density at radius 2 is 1.11 bits per heavy atom. The second kappa shape index (κ2) is 24.2. The normalized spacial score (nSPS) is 13.4. The van der Waals surface area contributed by atoms with E-state index in [9.17, 15) is 14.4 Å². The lowest BCUT2D eigenvalue weighted by Gasteiger charge is -2.13. The van der Waals surface area contributed by atoms with Crippen molar-refractivity contribution in [2.24, 2.45) is 5.92 Å². The molecule has 4 rings (SSSR count). The summed E-state index contributed by atoms with van der Waals surface area (Å²) in [5.74, 6) is 0.964. The predicted molar refractivity (Wildman–Crippen MR) is 211 cm³/mol. The van der Waals surface area contributed by atoms with Gasteiger partial charge in [0, 0.05) is 6.42 Å². The summed E-state index contributed by atoms with van der Waals surface area (Å²) in [6.07, 6.45) is 21.4. The summed E-state index contributed by atoms with van der Waals surface area (Å²) in [5, 5.41) is 0. The molecule has 3 aromatic rings. The Bertz CT molecular complexity index is 1470. The van der Waals surface area contributed by atoms with Crippen molar-refractivity contribution in [3.8, 4) is 22.6 Å². The van der Waals surface area contributed by atoms with Crippen LogP contribution in [-0.4, -0.2) is 37.2 Å². The number of esters is 3. The molecule has 3 aromatic carbocycles. The molecular formula is C46H62O7. The van der Waals surface area contributed by atoms with Crippen molar-refractivity contribution < 1.29 is 33.3 Å². The molecule has 0 aromatic heterocycles. The van der Waals surface area contributed by atoms with Crippen LogP contribution in [0.1, 0.15) is 157 Å². The molecule has 1 saturated carbocycles. The number of hydrogen-bond acceptors (Lipinski definition) is 7. The van der Waals surface area contributed by atoms with Crippen LogP contribution in [-0.2, 0) is 14.3 Å². The van der Waals surface area contributed by atoms with Crippen LogP contribution in [0.2, 0.25) is 0 Å². The van der Waals surface area contributed by atoms with E-state index in [4.69, 9.17) is 18.9 Å². The molecule has 53 heavy (non-hydrogen) atoms. The van der Waals surface area contributed by atoms with E-state index in [0.29, 0.717) is 42.4 Å². The molecule has 1 fully saturated rings. The zero-order valence-electron chi connectivity index (χ0n) is 32.3. The smallest absolute Gasteiger partial charge is 0.343 e. The average molecular weight is 727 g/mol. The van der Waals surface area contributed by atoms with E-state index in [-0.39, 0.29) is 18.0 Å². The predicted octanol–water partition coefficient (Wildman–Crippen LogP) is 12.1. The summed E-state index contributed by atoms with van der Waals surface area (Å²) in [5.41, 5.74) is 2.91. The molecule has 0 amide bonds. The zero-order chi connectivity index (χ0) is 37.5. The first-order chi connectivity index (χ1) is 25.9. The van der Waals surface area contributed by atoms with Crippen LogP contribution in [0.25, 0.3) is 11.1 Å². The third-order valence-electron chi connectivity index (χ3n) is 10.1. The molecular weight excluding hydrogens is 664 g/mol. The van der Waals surface area contributed by atoms with E-state index >= 15 is 0 Å². The lowest BCUT2D eigenvalue weighted by molar-refractivity contribution is -0.144.